The molecule has 0 radical (unpaired) electrons. The second-order valence-electron chi connectivity index (χ2n) is 16.7. The maximum Gasteiger partial charge on any atom is 0.257 e. The van der Waals surface area contributed by atoms with Gasteiger partial charge in [0.05, 0.1) is 66.8 Å². The highest BCUT2D eigenvalue weighted by molar-refractivity contribution is 7.99. The minimum absolute atomic E-state index is 0.0217. The van der Waals surface area contributed by atoms with E-state index in [4.69, 9.17) is 38.7 Å². The number of nitrogens with zero attached hydrogens (tertiary/aromatic N) is 5. The minimum atomic E-state index is -0.186. The Morgan fingerprint density at radius 2 is 1.30 bits per heavy atom. The van der Waals surface area contributed by atoms with Crippen LogP contribution in [0.5, 0.6) is 28.7 Å². The van der Waals surface area contributed by atoms with Crippen LogP contribution in [0.3, 0.4) is 0 Å². The zero-order valence-electron chi connectivity index (χ0n) is 36.7. The first kappa shape index (κ1) is 45.5. The Bertz CT molecular complexity index is 2230. The molecular formula is C47H56N6O8S2. The summed E-state index contributed by atoms with van der Waals surface area (Å²) >= 11 is 8.87. The van der Waals surface area contributed by atoms with Gasteiger partial charge >= 0.3 is 0 Å². The maximum absolute atomic E-state index is 13.7. The summed E-state index contributed by atoms with van der Waals surface area (Å²) in [4.78, 5) is 57.8. The number of ether oxygens (including phenoxy) is 5. The van der Waals surface area contributed by atoms with Crippen LogP contribution in [0.4, 0.5) is 11.4 Å². The van der Waals surface area contributed by atoms with Crippen LogP contribution in [0, 0.1) is 5.41 Å². The van der Waals surface area contributed by atoms with Gasteiger partial charge in [0.25, 0.3) is 11.8 Å². The Morgan fingerprint density at radius 3 is 1.76 bits per heavy atom. The number of aromatic nitrogens is 1. The highest BCUT2D eigenvalue weighted by atomic mass is 32.2. The van der Waals surface area contributed by atoms with Crippen LogP contribution >= 0.6 is 25.3 Å². The first-order valence-corrected chi connectivity index (χ1v) is 22.3. The number of rotatable bonds is 17. The summed E-state index contributed by atoms with van der Waals surface area (Å²) in [5, 5.41) is 2.97. The van der Waals surface area contributed by atoms with E-state index in [1.807, 2.05) is 49.9 Å². The number of hydrogen-bond acceptors (Lipinski definition) is 13. The van der Waals surface area contributed by atoms with Crippen molar-refractivity contribution < 1.29 is 38.1 Å². The zero-order chi connectivity index (χ0) is 44.8. The van der Waals surface area contributed by atoms with E-state index in [2.05, 4.69) is 42.7 Å². The average molecular weight is 897 g/mol. The molecule has 1 N–H and O–H groups in total. The molecule has 7 rings (SSSR count). The van der Waals surface area contributed by atoms with E-state index >= 15 is 0 Å². The lowest BCUT2D eigenvalue weighted by Crippen LogP contribution is -2.35. The molecule has 3 amide bonds. The fourth-order valence-corrected chi connectivity index (χ4v) is 8.08. The topological polar surface area (TPSA) is 153 Å². The Balaban J connectivity index is 1.08. The smallest absolute Gasteiger partial charge is 0.257 e. The second kappa shape index (κ2) is 19.9. The summed E-state index contributed by atoms with van der Waals surface area (Å²) in [7, 11) is 3.06. The van der Waals surface area contributed by atoms with Crippen LogP contribution in [-0.4, -0.2) is 102 Å². The molecule has 2 fully saturated rings. The summed E-state index contributed by atoms with van der Waals surface area (Å²) in [6.07, 6.45) is 10.9. The number of carbonyl (C=O) groups is 3. The molecule has 2 aromatic carbocycles. The van der Waals surface area contributed by atoms with Gasteiger partial charge in [-0.2, -0.15) is 25.3 Å². The van der Waals surface area contributed by atoms with Crippen molar-refractivity contribution in [1.29, 1.82) is 0 Å². The van der Waals surface area contributed by atoms with Gasteiger partial charge in [-0.25, -0.2) is 0 Å². The summed E-state index contributed by atoms with van der Waals surface area (Å²) in [6.45, 7) is 9.98. The van der Waals surface area contributed by atoms with Crippen LogP contribution in [0.15, 0.2) is 69.7 Å². The number of aliphatic imine (C=N–C) groups is 2. The lowest BCUT2D eigenvalue weighted by Gasteiger charge is -2.27. The van der Waals surface area contributed by atoms with Crippen molar-refractivity contribution in [3.8, 4) is 28.7 Å². The molecule has 5 heterocycles. The van der Waals surface area contributed by atoms with Crippen molar-refractivity contribution in [3.63, 3.8) is 0 Å². The van der Waals surface area contributed by atoms with Crippen LogP contribution in [0.1, 0.15) is 91.9 Å². The molecule has 2 saturated heterocycles. The molecule has 1 aromatic heterocycles. The number of nitrogens with one attached hydrogen (secondary N) is 1. The average Bonchev–Trinajstić information content (AvgIpc) is 3.85. The standard InChI is InChI=1S/C47H56N6O8S2/c1-7-28-14-32-22-49-37-20-41(39(57-5)18-35(37)44(55)52(32)24-28)60-26-30-16-34(59-13-9-12-48-43(54)10-11-47(3,4)46(62)63)17-31(51-30)27-61-42-21-38-36(19-40(42)58-6)45(56)53-25-29(8-2)15-33(53)23-50-38/h7-8,16-23,32-33,46,62-63H,9-15,24-27H2,1-6H3,(H,48,54)/b28-7+,29-8+/t32-,33-/m0/s1. The zero-order valence-corrected chi connectivity index (χ0v) is 38.5. The van der Waals surface area contributed by atoms with E-state index in [1.165, 1.54) is 25.4 Å². The third kappa shape index (κ3) is 10.5. The molecule has 0 aliphatic carbocycles. The SMILES string of the molecule is C/C=C1\C[C@H]2C=Nc3cc(OCc4cc(OCCCNC(=O)CCC(C)(C)C(S)S)cc(COc5cc6c(cc5OC)C(=O)N5C/C(=C/C)C[C@H]5C=N6)n4)c(OC)cc3C(=O)N2C1. The molecule has 4 aliphatic rings. The number of thiol groups is 2. The van der Waals surface area contributed by atoms with E-state index in [-0.39, 0.29) is 53.0 Å². The van der Waals surface area contributed by atoms with Gasteiger partial charge in [-0.1, -0.05) is 37.1 Å². The third-order valence-corrected chi connectivity index (χ3v) is 13.3. The molecule has 0 unspecified atom stereocenters. The molecule has 0 saturated carbocycles. The van der Waals surface area contributed by atoms with Gasteiger partial charge in [-0.3, -0.25) is 29.4 Å². The lowest BCUT2D eigenvalue weighted by atomic mass is 9.89. The van der Waals surface area contributed by atoms with Crippen LogP contribution in [-0.2, 0) is 18.0 Å². The largest absolute Gasteiger partial charge is 0.493 e. The Kier molecular flexibility index (Phi) is 14.4. The first-order chi connectivity index (χ1) is 30.3. The van der Waals surface area contributed by atoms with Gasteiger partial charge in [0.2, 0.25) is 5.91 Å². The van der Waals surface area contributed by atoms with Gasteiger partial charge in [0, 0.05) is 67.3 Å². The second-order valence-corrected chi connectivity index (χ2v) is 18.1. The van der Waals surface area contributed by atoms with E-state index in [0.29, 0.717) is 108 Å². The van der Waals surface area contributed by atoms with Crippen molar-refractivity contribution in [3.05, 3.63) is 82.2 Å². The molecule has 334 valence electrons. The van der Waals surface area contributed by atoms with Gasteiger partial charge in [0.15, 0.2) is 23.0 Å². The number of pyridine rings is 1. The molecular weight excluding hydrogens is 841 g/mol. The number of carbonyl (C=O) groups excluding carboxylic acids is 3. The fraction of sp³-hybridized carbons (Fsp3) is 0.447. The van der Waals surface area contributed by atoms with E-state index < -0.39 is 0 Å². The Morgan fingerprint density at radius 1 is 0.794 bits per heavy atom. The molecule has 16 heteroatoms. The van der Waals surface area contributed by atoms with Crippen molar-refractivity contribution in [2.75, 3.05) is 40.5 Å². The Hall–Kier alpha value is -5.48. The van der Waals surface area contributed by atoms with Gasteiger partial charge in [-0.15, -0.1) is 0 Å². The predicted molar refractivity (Wildman–Crippen MR) is 249 cm³/mol. The number of fused-ring (bicyclic) bond motifs is 4. The van der Waals surface area contributed by atoms with Crippen LogP contribution in [0.25, 0.3) is 0 Å². The number of allylic oxidation sites excluding steroid dienone is 2. The third-order valence-electron chi connectivity index (χ3n) is 11.9. The number of hydrogen-bond donors (Lipinski definition) is 3. The lowest BCUT2D eigenvalue weighted by molar-refractivity contribution is -0.121. The number of benzene rings is 2. The number of methoxy groups -OCH3 is 2. The Labute approximate surface area is 380 Å². The molecule has 4 aliphatic heterocycles. The van der Waals surface area contributed by atoms with E-state index in [1.54, 1.807) is 36.4 Å². The first-order valence-electron chi connectivity index (χ1n) is 21.2. The van der Waals surface area contributed by atoms with Crippen LogP contribution in [0.2, 0.25) is 0 Å². The van der Waals surface area contributed by atoms with Crippen molar-refractivity contribution in [2.24, 2.45) is 15.4 Å². The molecule has 14 nitrogen and oxygen atoms in total. The minimum Gasteiger partial charge on any atom is -0.493 e. The predicted octanol–water partition coefficient (Wildman–Crippen LogP) is 7.89. The number of amides is 3. The highest BCUT2D eigenvalue weighted by Crippen LogP contribution is 2.41. The van der Waals surface area contributed by atoms with Gasteiger partial charge < -0.3 is 38.8 Å². The monoisotopic (exact) mass is 896 g/mol. The maximum atomic E-state index is 13.7. The molecule has 3 aromatic rings. The van der Waals surface area contributed by atoms with Gasteiger partial charge in [0.1, 0.15) is 19.0 Å². The van der Waals surface area contributed by atoms with E-state index in [0.717, 1.165) is 12.8 Å². The van der Waals surface area contributed by atoms with Gasteiger partial charge in [-0.05, 0) is 57.1 Å². The summed E-state index contributed by atoms with van der Waals surface area (Å²) < 4.78 is 30.2. The van der Waals surface area contributed by atoms with Crippen LogP contribution < -0.4 is 29.0 Å². The molecule has 0 bridgehead atoms. The van der Waals surface area contributed by atoms with Crippen molar-refractivity contribution >= 4 is 66.8 Å². The summed E-state index contributed by atoms with van der Waals surface area (Å²) in [6, 6.07) is 10.1. The molecule has 63 heavy (non-hydrogen) atoms. The highest BCUT2D eigenvalue weighted by Gasteiger charge is 2.36. The summed E-state index contributed by atoms with van der Waals surface area (Å²) in [5.74, 6) is 1.84. The molecule has 0 spiro atoms. The fourth-order valence-electron chi connectivity index (χ4n) is 7.83. The van der Waals surface area contributed by atoms with Crippen molar-refractivity contribution in [1.82, 2.24) is 20.1 Å². The summed E-state index contributed by atoms with van der Waals surface area (Å²) in [5.41, 5.74) is 5.17. The molecule has 2 atom stereocenters. The van der Waals surface area contributed by atoms with Crippen molar-refractivity contribution in [2.45, 2.75) is 89.7 Å². The van der Waals surface area contributed by atoms with E-state index in [9.17, 15) is 14.4 Å². The normalized spacial score (nSPS) is 19.1. The quantitative estimate of drug-likeness (QED) is 0.0532.